The summed E-state index contributed by atoms with van der Waals surface area (Å²) in [5, 5.41) is 0. The zero-order valence-electron chi connectivity index (χ0n) is 41.5. The summed E-state index contributed by atoms with van der Waals surface area (Å²) in [5.74, 6) is 0. The Labute approximate surface area is 1220 Å². The highest BCUT2D eigenvalue weighted by atomic mass is 32.1. The van der Waals surface area contributed by atoms with Gasteiger partial charge in [0.15, 0.2) is 0 Å². The molecule has 0 unspecified atom stereocenters. The zero-order chi connectivity index (χ0) is 0. The van der Waals surface area contributed by atoms with Crippen LogP contribution >= 0.6 is 1120 Å². The van der Waals surface area contributed by atoms with Crippen molar-refractivity contribution in [2.24, 2.45) is 0 Å². The maximum atomic E-state index is 0. The zero-order valence-corrected chi connectivity index (χ0v) is 124. The molecule has 100 heavy (non-hydrogen) atoms. The van der Waals surface area contributed by atoms with Crippen LogP contribution in [0.1, 0.15) is 126 Å². The van der Waals surface area contributed by atoms with E-state index in [0.29, 0.717) is 0 Å². The van der Waals surface area contributed by atoms with Crippen LogP contribution in [-0.2, 0) is 0 Å². The minimum Gasteiger partial charge on any atom is -0.197 e. The second-order valence-electron chi connectivity index (χ2n) is 0. The fourth-order valence-electron chi connectivity index (χ4n) is 0. The number of hydrogen-bond acceptors (Lipinski definition) is 0. The molecule has 0 fully saturated rings. The van der Waals surface area contributed by atoms with Crippen molar-refractivity contribution in [1.29, 1.82) is 0 Å². The van der Waals surface area contributed by atoms with Crippen molar-refractivity contribution in [1.82, 2.24) is 0 Å². The highest BCUT2D eigenvalue weighted by molar-refractivity contribution is 7.67. The molecule has 800 valence electrons. The van der Waals surface area contributed by atoms with Gasteiger partial charge in [-0.3, -0.25) is 0 Å². The summed E-state index contributed by atoms with van der Waals surface area (Å²) in [7, 11) is 0. The van der Waals surface area contributed by atoms with E-state index in [4.69, 9.17) is 0 Å². The van der Waals surface area contributed by atoms with E-state index >= 15 is 0 Å². The fourth-order valence-corrected chi connectivity index (χ4v) is 0. The lowest BCUT2D eigenvalue weighted by atomic mass is 12.0. The second kappa shape index (κ2) is 2450. The second-order valence-corrected chi connectivity index (χ2v) is 0. The smallest absolute Gasteiger partial charge is 0.0776 e. The molecular formula is C17H234S83. The molecule has 0 aromatic carbocycles. The van der Waals surface area contributed by atoms with Crippen LogP contribution in [0.2, 0.25) is 0 Å². The first-order valence-electron chi connectivity index (χ1n) is 0. The van der Waals surface area contributed by atoms with Gasteiger partial charge in [-0.1, -0.05) is 126 Å². The maximum Gasteiger partial charge on any atom is -0.0776 e. The fraction of sp³-hybridized carbons (Fsp3) is 1.00. The summed E-state index contributed by atoms with van der Waals surface area (Å²) in [5.41, 5.74) is 0. The van der Waals surface area contributed by atoms with E-state index in [-0.39, 0.29) is 1250 Å². The molecule has 0 amide bonds. The molecule has 0 aliphatic heterocycles. The molecule has 0 heterocycles. The van der Waals surface area contributed by atoms with Gasteiger partial charge in [-0.15, -0.1) is 0 Å². The molecule has 0 bridgehead atoms. The monoisotopic (exact) mass is 3090 g/mol. The summed E-state index contributed by atoms with van der Waals surface area (Å²) in [4.78, 5) is 0. The molecule has 0 atom stereocenters. The average molecular weight is 3100 g/mol. The molecule has 0 aromatic rings. The minimum atomic E-state index is 0. The van der Waals surface area contributed by atoms with Crippen molar-refractivity contribution < 1.29 is 0 Å². The first-order chi connectivity index (χ1) is 0. The Kier molecular flexibility index (Phi) is 61400. The third-order valence-corrected chi connectivity index (χ3v) is 0. The standard InChI is InChI=1S/17CH4.83H2S/h17*1H4;83*1H2. The first-order valence-corrected chi connectivity index (χ1v) is 0. The van der Waals surface area contributed by atoms with Crippen molar-refractivity contribution in [2.45, 2.75) is 126 Å². The molecule has 0 N–H and O–H groups in total. The molecule has 0 saturated carbocycles. The highest BCUT2D eigenvalue weighted by Gasteiger charge is -0.0422. The van der Waals surface area contributed by atoms with Gasteiger partial charge in [-0.2, -0.15) is 1120 Å². The summed E-state index contributed by atoms with van der Waals surface area (Å²) in [6.07, 6.45) is 0. The Balaban J connectivity index is 0. The van der Waals surface area contributed by atoms with E-state index in [1.807, 2.05) is 0 Å². The molecule has 0 aliphatic carbocycles. The van der Waals surface area contributed by atoms with E-state index in [2.05, 4.69) is 0 Å². The van der Waals surface area contributed by atoms with Gasteiger partial charge < -0.3 is 0 Å². The van der Waals surface area contributed by atoms with Crippen LogP contribution in [-0.4, -0.2) is 0 Å². The van der Waals surface area contributed by atoms with Gasteiger partial charge in [0.05, 0.1) is 0 Å². The predicted molar refractivity (Wildman–Crippen MR) is 976 cm³/mol. The normalized spacial score (nSPS) is 0. The third kappa shape index (κ3) is 2390. The maximum absolute atomic E-state index is 0. The summed E-state index contributed by atoms with van der Waals surface area (Å²) in [6, 6.07) is 0. The lowest BCUT2D eigenvalue weighted by Gasteiger charge is -0.198. The molecule has 0 aliphatic rings. The molecule has 0 radical (unpaired) electrons. The van der Waals surface area contributed by atoms with E-state index in [0.717, 1.165) is 0 Å². The van der Waals surface area contributed by atoms with Crippen LogP contribution in [0.5, 0.6) is 0 Å². The molecule has 0 rings (SSSR count). The lowest BCUT2D eigenvalue weighted by molar-refractivity contribution is 2.50. The van der Waals surface area contributed by atoms with Gasteiger partial charge in [-0.25, -0.2) is 0 Å². The molecular weight excluding hydrogens is 2870 g/mol. The molecule has 0 nitrogen and oxygen atoms in total. The molecule has 83 heteroatoms. The third-order valence-electron chi connectivity index (χ3n) is 0. The van der Waals surface area contributed by atoms with Crippen molar-refractivity contribution in [2.75, 3.05) is 0 Å². The van der Waals surface area contributed by atoms with E-state index in [9.17, 15) is 0 Å². The Hall–Kier alpha value is 29.1. The van der Waals surface area contributed by atoms with Crippen LogP contribution in [0.4, 0.5) is 0 Å². The van der Waals surface area contributed by atoms with Gasteiger partial charge in [0.25, 0.3) is 0 Å². The summed E-state index contributed by atoms with van der Waals surface area (Å²) < 4.78 is 0. The Morgan fingerprint density at radius 2 is 0.0200 bits per heavy atom. The molecule has 0 spiro atoms. The van der Waals surface area contributed by atoms with Gasteiger partial charge in [0, 0.05) is 0 Å². The lowest BCUT2D eigenvalue weighted by Crippen LogP contribution is 0.143. The van der Waals surface area contributed by atoms with E-state index < -0.39 is 0 Å². The van der Waals surface area contributed by atoms with Crippen molar-refractivity contribution in [3.05, 3.63) is 0 Å². The minimum absolute atomic E-state index is 0. The topological polar surface area (TPSA) is 0 Å². The van der Waals surface area contributed by atoms with Crippen LogP contribution in [0.25, 0.3) is 0 Å². The number of hydrogen-bond donors (Lipinski definition) is 0. The average Bonchev–Trinajstić information content (AvgIpc) is 0. The van der Waals surface area contributed by atoms with Gasteiger partial charge >= 0.3 is 0 Å². The van der Waals surface area contributed by atoms with Gasteiger partial charge in [-0.05, 0) is 0 Å². The SMILES string of the molecule is C.C.C.C.C.C.C.C.C.C.C.C.C.C.C.C.C.S.S.S.S.S.S.S.S.S.S.S.S.S.S.S.S.S.S.S.S.S.S.S.S.S.S.S.S.S.S.S.S.S.S.S.S.S.S.S.S.S.S.S.S.S.S.S.S.S.S.S.S.S.S.S.S.S.S.S.S.S.S.S.S.S.S.S.S.S.S.S.S.S.S.S.S.S.S.S.S.S.S.S. The Morgan fingerprint density at radius 3 is 0.0200 bits per heavy atom. The summed E-state index contributed by atoms with van der Waals surface area (Å²) in [6.45, 7) is 0. The highest BCUT2D eigenvalue weighted by Crippen LogP contribution is 0.733. The van der Waals surface area contributed by atoms with Crippen LogP contribution < -0.4 is 0 Å². The first kappa shape index (κ1) is 2510. The van der Waals surface area contributed by atoms with Crippen molar-refractivity contribution in [3.8, 4) is 0 Å². The summed E-state index contributed by atoms with van der Waals surface area (Å²) >= 11 is 0. The van der Waals surface area contributed by atoms with Gasteiger partial charge in [0.2, 0.25) is 0 Å². The Bertz CT molecular complexity index is 65.8. The quantitative estimate of drug-likeness (QED) is 0.227. The molecule has 0 saturated heterocycles. The van der Waals surface area contributed by atoms with Crippen LogP contribution in [0.15, 0.2) is 0 Å². The largest absolute Gasteiger partial charge is 0.197 e. The number of rotatable bonds is 0. The van der Waals surface area contributed by atoms with E-state index in [1.165, 1.54) is 0 Å². The Morgan fingerprint density at radius 1 is 0.0200 bits per heavy atom. The van der Waals surface area contributed by atoms with Gasteiger partial charge in [0.1, 0.15) is 0 Å². The van der Waals surface area contributed by atoms with E-state index in [1.54, 1.807) is 0 Å². The predicted octanol–water partition coefficient (Wildman–Crippen LogP) is 20.2. The molecule has 0 aromatic heterocycles. The van der Waals surface area contributed by atoms with Crippen LogP contribution in [0.3, 0.4) is 0 Å². The van der Waals surface area contributed by atoms with Crippen LogP contribution in [0, 0.1) is 0 Å². The van der Waals surface area contributed by atoms with Crippen molar-refractivity contribution in [3.63, 3.8) is 0 Å². The van der Waals surface area contributed by atoms with Crippen molar-refractivity contribution >= 4 is 1120 Å².